The first-order valence-corrected chi connectivity index (χ1v) is 21.6. The molecule has 3 heterocycles. The third-order valence-corrected chi connectivity index (χ3v) is 12.8. The Bertz CT molecular complexity index is 3620. The van der Waals surface area contributed by atoms with Gasteiger partial charge in [-0.05, 0) is 120 Å². The molecule has 0 aliphatic rings. The van der Waals surface area contributed by atoms with Crippen molar-refractivity contribution in [3.63, 3.8) is 0 Å². The molecule has 12 rings (SSSR count). The molecule has 9 aromatic carbocycles. The lowest BCUT2D eigenvalue weighted by Gasteiger charge is -2.12. The predicted molar refractivity (Wildman–Crippen MR) is 259 cm³/mol. The van der Waals surface area contributed by atoms with E-state index in [2.05, 4.69) is 227 Å². The highest BCUT2D eigenvalue weighted by Gasteiger charge is 2.20. The summed E-state index contributed by atoms with van der Waals surface area (Å²) in [5.41, 5.74) is 17.0. The van der Waals surface area contributed by atoms with Crippen LogP contribution >= 0.6 is 0 Å². The molecule has 0 radical (unpaired) electrons. The van der Waals surface area contributed by atoms with Crippen molar-refractivity contribution in [2.24, 2.45) is 0 Å². The van der Waals surface area contributed by atoms with Crippen molar-refractivity contribution < 1.29 is 0 Å². The molecule has 0 unspecified atom stereocenters. The van der Waals surface area contributed by atoms with Crippen molar-refractivity contribution in [2.75, 3.05) is 0 Å². The molecule has 0 N–H and O–H groups in total. The highest BCUT2D eigenvalue weighted by Crippen LogP contribution is 2.42. The summed E-state index contributed by atoms with van der Waals surface area (Å²) in [6.07, 6.45) is 3.53. The number of aromatic nitrogens is 3. The van der Waals surface area contributed by atoms with Gasteiger partial charge < -0.3 is 13.7 Å². The van der Waals surface area contributed by atoms with Crippen LogP contribution in [0.4, 0.5) is 0 Å². The summed E-state index contributed by atoms with van der Waals surface area (Å²) in [6, 6.07) is 76.2. The topological polar surface area (TPSA) is 14.8 Å². The highest BCUT2D eigenvalue weighted by atomic mass is 15.0. The van der Waals surface area contributed by atoms with Crippen molar-refractivity contribution in [3.8, 4) is 39.3 Å². The van der Waals surface area contributed by atoms with Crippen LogP contribution in [-0.4, -0.2) is 13.7 Å². The molecule has 61 heavy (non-hydrogen) atoms. The summed E-state index contributed by atoms with van der Waals surface area (Å²) in [5, 5.41) is 7.51. The van der Waals surface area contributed by atoms with Gasteiger partial charge in [0, 0.05) is 43.7 Å². The van der Waals surface area contributed by atoms with Crippen LogP contribution in [0.25, 0.3) is 105 Å². The molecule has 0 spiro atoms. The molecule has 0 aliphatic heterocycles. The van der Waals surface area contributed by atoms with Gasteiger partial charge in [0.1, 0.15) is 0 Å². The second-order valence-corrected chi connectivity index (χ2v) is 16.4. The van der Waals surface area contributed by atoms with E-state index in [1.807, 2.05) is 0 Å². The molecule has 0 saturated heterocycles. The minimum Gasteiger partial charge on any atom is -0.309 e. The maximum absolute atomic E-state index is 2.49. The van der Waals surface area contributed by atoms with Gasteiger partial charge >= 0.3 is 0 Å². The lowest BCUT2D eigenvalue weighted by atomic mass is 10.0. The number of unbranched alkanes of at least 4 members (excludes halogenated alkanes) is 1. The van der Waals surface area contributed by atoms with Crippen LogP contribution < -0.4 is 0 Å². The van der Waals surface area contributed by atoms with E-state index in [4.69, 9.17) is 0 Å². The molecule has 0 bridgehead atoms. The minimum atomic E-state index is 1.12. The Balaban J connectivity index is 1.01. The van der Waals surface area contributed by atoms with E-state index in [1.165, 1.54) is 117 Å². The molecule has 3 heteroatoms. The number of para-hydroxylation sites is 3. The summed E-state index contributed by atoms with van der Waals surface area (Å²) >= 11 is 0. The maximum Gasteiger partial charge on any atom is 0.0562 e. The normalized spacial score (nSPS) is 11.9. The first kappa shape index (κ1) is 35.3. The highest BCUT2D eigenvalue weighted by molar-refractivity contribution is 6.17. The van der Waals surface area contributed by atoms with Gasteiger partial charge in [-0.15, -0.1) is 0 Å². The molecule has 3 aromatic heterocycles. The van der Waals surface area contributed by atoms with Crippen LogP contribution in [0.3, 0.4) is 0 Å². The SMILES string of the molecule is CCCCc1ccc(-n2c3ccccc3c3c(-n4c5ccccc5c5cc(-c6ccc7c(c6)c6ccccc6n7-c6cccc(-c7ccccc7)c6)ccc54)cccc32)cc1. The summed E-state index contributed by atoms with van der Waals surface area (Å²) in [5.74, 6) is 0. The molecule has 0 fully saturated rings. The summed E-state index contributed by atoms with van der Waals surface area (Å²) in [6.45, 7) is 2.26. The van der Waals surface area contributed by atoms with E-state index < -0.39 is 0 Å². The van der Waals surface area contributed by atoms with E-state index in [9.17, 15) is 0 Å². The van der Waals surface area contributed by atoms with E-state index in [1.54, 1.807) is 0 Å². The first-order chi connectivity index (χ1) is 30.2. The Morgan fingerprint density at radius 1 is 0.328 bits per heavy atom. The van der Waals surface area contributed by atoms with Gasteiger partial charge in [-0.25, -0.2) is 0 Å². The Labute approximate surface area is 355 Å². The number of fused-ring (bicyclic) bond motifs is 9. The Kier molecular flexibility index (Phi) is 8.28. The molecule has 0 amide bonds. The monoisotopic (exact) mass is 781 g/mol. The predicted octanol–water partition coefficient (Wildman–Crippen LogP) is 15.7. The van der Waals surface area contributed by atoms with Crippen LogP contribution in [-0.2, 0) is 6.42 Å². The molecule has 0 atom stereocenters. The number of rotatable bonds is 8. The zero-order chi connectivity index (χ0) is 40.4. The van der Waals surface area contributed by atoms with Gasteiger partial charge in [0.05, 0.1) is 38.8 Å². The largest absolute Gasteiger partial charge is 0.309 e. The van der Waals surface area contributed by atoms with Gasteiger partial charge in [-0.1, -0.05) is 141 Å². The van der Waals surface area contributed by atoms with E-state index >= 15 is 0 Å². The van der Waals surface area contributed by atoms with Gasteiger partial charge in [0.25, 0.3) is 0 Å². The molecular formula is C58H43N3. The number of hydrogen-bond acceptors (Lipinski definition) is 0. The van der Waals surface area contributed by atoms with Crippen molar-refractivity contribution in [1.29, 1.82) is 0 Å². The first-order valence-electron chi connectivity index (χ1n) is 21.6. The minimum absolute atomic E-state index is 1.12. The molecule has 0 saturated carbocycles. The Morgan fingerprint density at radius 2 is 0.836 bits per heavy atom. The third kappa shape index (κ3) is 5.65. The lowest BCUT2D eigenvalue weighted by Crippen LogP contribution is -1.97. The van der Waals surface area contributed by atoms with Gasteiger partial charge in [-0.3, -0.25) is 0 Å². The van der Waals surface area contributed by atoms with Crippen molar-refractivity contribution >= 4 is 65.4 Å². The van der Waals surface area contributed by atoms with Crippen molar-refractivity contribution in [3.05, 3.63) is 212 Å². The molecule has 12 aromatic rings. The van der Waals surface area contributed by atoms with Crippen molar-refractivity contribution in [1.82, 2.24) is 13.7 Å². The molecular weight excluding hydrogens is 739 g/mol. The Morgan fingerprint density at radius 3 is 1.52 bits per heavy atom. The lowest BCUT2D eigenvalue weighted by molar-refractivity contribution is 0.795. The quantitative estimate of drug-likeness (QED) is 0.146. The second kappa shape index (κ2) is 14.3. The molecule has 290 valence electrons. The third-order valence-electron chi connectivity index (χ3n) is 12.8. The van der Waals surface area contributed by atoms with E-state index in [0.717, 1.165) is 12.1 Å². The van der Waals surface area contributed by atoms with Gasteiger partial charge in [0.2, 0.25) is 0 Å². The average molecular weight is 782 g/mol. The summed E-state index contributed by atoms with van der Waals surface area (Å²) < 4.78 is 7.34. The number of benzene rings is 9. The van der Waals surface area contributed by atoms with Crippen LogP contribution in [0.1, 0.15) is 25.3 Å². The zero-order valence-corrected chi connectivity index (χ0v) is 34.1. The number of nitrogens with zero attached hydrogens (tertiary/aromatic N) is 3. The fraction of sp³-hybridized carbons (Fsp3) is 0.0690. The van der Waals surface area contributed by atoms with Gasteiger partial charge in [-0.2, -0.15) is 0 Å². The van der Waals surface area contributed by atoms with Crippen LogP contribution in [0.2, 0.25) is 0 Å². The smallest absolute Gasteiger partial charge is 0.0562 e. The summed E-state index contributed by atoms with van der Waals surface area (Å²) in [4.78, 5) is 0. The fourth-order valence-electron chi connectivity index (χ4n) is 9.96. The number of aryl methyl sites for hydroxylation is 1. The molecule has 0 aliphatic carbocycles. The van der Waals surface area contributed by atoms with Crippen LogP contribution in [0, 0.1) is 0 Å². The fourth-order valence-corrected chi connectivity index (χ4v) is 9.96. The number of hydrogen-bond donors (Lipinski definition) is 0. The zero-order valence-electron chi connectivity index (χ0n) is 34.1. The second-order valence-electron chi connectivity index (χ2n) is 16.4. The van der Waals surface area contributed by atoms with Crippen molar-refractivity contribution in [2.45, 2.75) is 26.2 Å². The Hall–Kier alpha value is -7.62. The maximum atomic E-state index is 2.49. The van der Waals surface area contributed by atoms with E-state index in [0.29, 0.717) is 0 Å². The van der Waals surface area contributed by atoms with Crippen LogP contribution in [0.5, 0.6) is 0 Å². The van der Waals surface area contributed by atoms with E-state index in [-0.39, 0.29) is 0 Å². The molecule has 3 nitrogen and oxygen atoms in total. The summed E-state index contributed by atoms with van der Waals surface area (Å²) in [7, 11) is 0. The standard InChI is InChI=1S/C58H43N3/c1-2-3-15-39-28-32-44(33-29-39)59-53-25-12-9-22-48(53)58-56(59)26-14-27-57(58)61-52-24-11-8-21-47(52)50-38-43(31-35-55(50)61)42-30-34-54-49(37-42)46-20-7-10-23-51(46)60(54)45-19-13-18-41(36-45)40-16-5-4-6-17-40/h4-14,16-38H,2-3,15H2,1H3. The van der Waals surface area contributed by atoms with Gasteiger partial charge in [0.15, 0.2) is 0 Å². The van der Waals surface area contributed by atoms with Crippen LogP contribution in [0.15, 0.2) is 206 Å². The average Bonchev–Trinajstić information content (AvgIpc) is 3.97.